The minimum atomic E-state index is -0.122. The van der Waals surface area contributed by atoms with E-state index in [4.69, 9.17) is 0 Å². The molecule has 0 atom stereocenters. The molecule has 0 N–H and O–H groups in total. The lowest BCUT2D eigenvalue weighted by atomic mass is 10.2. The maximum atomic E-state index is 13.1. The van der Waals surface area contributed by atoms with Crippen LogP contribution >= 0.6 is 22.6 Å². The molecular weight excluding hydrogens is 318 g/mol. The van der Waals surface area contributed by atoms with Gasteiger partial charge in [0.25, 0.3) is 0 Å². The van der Waals surface area contributed by atoms with Gasteiger partial charge in [0.2, 0.25) is 0 Å². The molecule has 0 radical (unpaired) electrons. The third-order valence-corrected chi connectivity index (χ3v) is 3.81. The minimum Gasteiger partial charge on any atom is -0.304 e. The molecule has 1 aliphatic heterocycles. The molecule has 1 aromatic carbocycles. The summed E-state index contributed by atoms with van der Waals surface area (Å²) in [6, 6.07) is 5.39. The Hall–Kier alpha value is -0.200. The molecule has 2 nitrogen and oxygen atoms in total. The third kappa shape index (κ3) is 3.15. The summed E-state index contributed by atoms with van der Waals surface area (Å²) in [7, 11) is 2.15. The van der Waals surface area contributed by atoms with Crippen molar-refractivity contribution in [1.29, 1.82) is 0 Å². The lowest BCUT2D eigenvalue weighted by molar-refractivity contribution is 0.148. The molecule has 1 aromatic rings. The number of benzene rings is 1. The van der Waals surface area contributed by atoms with Gasteiger partial charge in [0.15, 0.2) is 0 Å². The largest absolute Gasteiger partial charge is 0.304 e. The molecule has 0 bridgehead atoms. The smallest absolute Gasteiger partial charge is 0.136 e. The average molecular weight is 334 g/mol. The van der Waals surface area contributed by atoms with Crippen LogP contribution < -0.4 is 0 Å². The number of hydrogen-bond acceptors (Lipinski definition) is 2. The average Bonchev–Trinajstić information content (AvgIpc) is 2.27. The molecule has 88 valence electrons. The predicted octanol–water partition coefficient (Wildman–Crippen LogP) is 2.18. The van der Waals surface area contributed by atoms with Crippen molar-refractivity contribution in [3.8, 4) is 0 Å². The zero-order chi connectivity index (χ0) is 11.5. The van der Waals surface area contributed by atoms with Crippen molar-refractivity contribution in [3.05, 3.63) is 33.1 Å². The monoisotopic (exact) mass is 334 g/mol. The van der Waals surface area contributed by atoms with Crippen molar-refractivity contribution >= 4 is 22.6 Å². The number of piperazine rings is 1. The number of likely N-dealkylation sites (N-methyl/N-ethyl adjacent to an activating group) is 1. The molecule has 1 heterocycles. The van der Waals surface area contributed by atoms with Crippen LogP contribution in [0.5, 0.6) is 0 Å². The van der Waals surface area contributed by atoms with Gasteiger partial charge in [0, 0.05) is 36.3 Å². The van der Waals surface area contributed by atoms with E-state index in [1.54, 1.807) is 6.07 Å². The fourth-order valence-electron chi connectivity index (χ4n) is 1.90. The van der Waals surface area contributed by atoms with Gasteiger partial charge in [-0.25, -0.2) is 4.39 Å². The Morgan fingerprint density at radius 2 is 1.94 bits per heavy atom. The molecule has 0 spiro atoms. The topological polar surface area (TPSA) is 6.48 Å². The van der Waals surface area contributed by atoms with E-state index in [0.29, 0.717) is 3.57 Å². The predicted molar refractivity (Wildman–Crippen MR) is 71.9 cm³/mol. The van der Waals surface area contributed by atoms with Crippen LogP contribution in [0.25, 0.3) is 0 Å². The first-order chi connectivity index (χ1) is 7.65. The summed E-state index contributed by atoms with van der Waals surface area (Å²) in [4.78, 5) is 4.76. The number of halogens is 2. The summed E-state index contributed by atoms with van der Waals surface area (Å²) in [6.45, 7) is 5.38. The van der Waals surface area contributed by atoms with Crippen LogP contribution in [-0.2, 0) is 6.54 Å². The van der Waals surface area contributed by atoms with Crippen molar-refractivity contribution in [2.24, 2.45) is 0 Å². The molecule has 0 saturated carbocycles. The van der Waals surface area contributed by atoms with Crippen LogP contribution in [0, 0.1) is 9.39 Å². The van der Waals surface area contributed by atoms with Crippen LogP contribution in [0.4, 0.5) is 4.39 Å². The highest BCUT2D eigenvalue weighted by molar-refractivity contribution is 14.1. The van der Waals surface area contributed by atoms with E-state index in [-0.39, 0.29) is 5.82 Å². The molecule has 2 rings (SSSR count). The van der Waals surface area contributed by atoms with Crippen LogP contribution in [0.1, 0.15) is 5.56 Å². The number of rotatable bonds is 2. The highest BCUT2D eigenvalue weighted by Gasteiger charge is 2.14. The lowest BCUT2D eigenvalue weighted by Gasteiger charge is -2.32. The Kier molecular flexibility index (Phi) is 4.16. The van der Waals surface area contributed by atoms with Crippen LogP contribution in [0.2, 0.25) is 0 Å². The molecule has 0 unspecified atom stereocenters. The maximum Gasteiger partial charge on any atom is 0.136 e. The molecular formula is C12H16FIN2. The van der Waals surface area contributed by atoms with Gasteiger partial charge in [-0.15, -0.1) is 0 Å². The highest BCUT2D eigenvalue weighted by atomic mass is 127. The van der Waals surface area contributed by atoms with Gasteiger partial charge >= 0.3 is 0 Å². The fraction of sp³-hybridized carbons (Fsp3) is 0.500. The first kappa shape index (κ1) is 12.3. The van der Waals surface area contributed by atoms with E-state index in [1.165, 1.54) is 5.56 Å². The van der Waals surface area contributed by atoms with Gasteiger partial charge in [0.1, 0.15) is 5.82 Å². The Morgan fingerprint density at radius 3 is 2.56 bits per heavy atom. The van der Waals surface area contributed by atoms with Gasteiger partial charge in [-0.2, -0.15) is 0 Å². The normalized spacial score (nSPS) is 18.9. The quantitative estimate of drug-likeness (QED) is 0.765. The van der Waals surface area contributed by atoms with Gasteiger partial charge in [-0.1, -0.05) is 6.07 Å². The second-order valence-corrected chi connectivity index (χ2v) is 5.49. The molecule has 1 aliphatic rings. The SMILES string of the molecule is CN1CCN(Cc2ccc(F)c(I)c2)CC1. The number of hydrogen-bond donors (Lipinski definition) is 0. The summed E-state index contributed by atoms with van der Waals surface area (Å²) < 4.78 is 13.8. The van der Waals surface area contributed by atoms with E-state index in [1.807, 2.05) is 34.7 Å². The van der Waals surface area contributed by atoms with Gasteiger partial charge in [0.05, 0.1) is 0 Å². The molecule has 0 amide bonds. The van der Waals surface area contributed by atoms with E-state index in [2.05, 4.69) is 16.8 Å². The summed E-state index contributed by atoms with van der Waals surface area (Å²) in [5.74, 6) is -0.122. The van der Waals surface area contributed by atoms with E-state index < -0.39 is 0 Å². The number of nitrogens with zero attached hydrogens (tertiary/aromatic N) is 2. The van der Waals surface area contributed by atoms with Gasteiger partial charge in [-0.05, 0) is 47.3 Å². The maximum absolute atomic E-state index is 13.1. The zero-order valence-corrected chi connectivity index (χ0v) is 11.6. The van der Waals surface area contributed by atoms with Crippen molar-refractivity contribution in [2.45, 2.75) is 6.54 Å². The minimum absolute atomic E-state index is 0.122. The van der Waals surface area contributed by atoms with Gasteiger partial charge < -0.3 is 4.90 Å². The standard InChI is InChI=1S/C12H16FIN2/c1-15-4-6-16(7-5-15)9-10-2-3-11(13)12(14)8-10/h2-3,8H,4-7,9H2,1H3. The van der Waals surface area contributed by atoms with E-state index in [9.17, 15) is 4.39 Å². The molecule has 0 aliphatic carbocycles. The van der Waals surface area contributed by atoms with Crippen molar-refractivity contribution in [2.75, 3.05) is 33.2 Å². The lowest BCUT2D eigenvalue weighted by Crippen LogP contribution is -2.43. The molecule has 1 fully saturated rings. The summed E-state index contributed by atoms with van der Waals surface area (Å²) >= 11 is 2.05. The zero-order valence-electron chi connectivity index (χ0n) is 9.42. The Labute approximate surface area is 110 Å². The summed E-state index contributed by atoms with van der Waals surface area (Å²) in [6.07, 6.45) is 0. The van der Waals surface area contributed by atoms with Crippen LogP contribution in [0.3, 0.4) is 0 Å². The second-order valence-electron chi connectivity index (χ2n) is 4.33. The molecule has 1 saturated heterocycles. The van der Waals surface area contributed by atoms with E-state index in [0.717, 1.165) is 32.7 Å². The summed E-state index contributed by atoms with van der Waals surface area (Å²) in [5.41, 5.74) is 1.20. The molecule has 16 heavy (non-hydrogen) atoms. The first-order valence-corrected chi connectivity index (χ1v) is 6.58. The van der Waals surface area contributed by atoms with Crippen molar-refractivity contribution in [3.63, 3.8) is 0 Å². The highest BCUT2D eigenvalue weighted by Crippen LogP contribution is 2.15. The fourth-order valence-corrected chi connectivity index (χ4v) is 2.48. The van der Waals surface area contributed by atoms with Gasteiger partial charge in [-0.3, -0.25) is 4.90 Å². The summed E-state index contributed by atoms with van der Waals surface area (Å²) in [5, 5.41) is 0. The molecule has 0 aromatic heterocycles. The van der Waals surface area contributed by atoms with Crippen LogP contribution in [-0.4, -0.2) is 43.0 Å². The second kappa shape index (κ2) is 5.42. The van der Waals surface area contributed by atoms with E-state index >= 15 is 0 Å². The third-order valence-electron chi connectivity index (χ3n) is 2.99. The first-order valence-electron chi connectivity index (χ1n) is 5.50. The Bertz CT molecular complexity index is 362. The Morgan fingerprint density at radius 1 is 1.25 bits per heavy atom. The van der Waals surface area contributed by atoms with Crippen molar-refractivity contribution in [1.82, 2.24) is 9.80 Å². The van der Waals surface area contributed by atoms with Crippen LogP contribution in [0.15, 0.2) is 18.2 Å². The van der Waals surface area contributed by atoms with Crippen molar-refractivity contribution < 1.29 is 4.39 Å². The molecule has 4 heteroatoms. The Balaban J connectivity index is 1.96.